The maximum atomic E-state index is 11.5. The van der Waals surface area contributed by atoms with Crippen molar-refractivity contribution in [1.82, 2.24) is 15.3 Å². The zero-order valence-corrected chi connectivity index (χ0v) is 11.4. The second-order valence-corrected chi connectivity index (χ2v) is 4.63. The van der Waals surface area contributed by atoms with Crippen LogP contribution >= 0.6 is 0 Å². The van der Waals surface area contributed by atoms with Crippen molar-refractivity contribution in [3.8, 4) is 0 Å². The zero-order valence-electron chi connectivity index (χ0n) is 11.4. The van der Waals surface area contributed by atoms with Gasteiger partial charge in [-0.3, -0.25) is 4.79 Å². The lowest BCUT2D eigenvalue weighted by molar-refractivity contribution is -0.121. The molecule has 1 amide bonds. The first-order valence-electron chi connectivity index (χ1n) is 6.63. The molecule has 1 aliphatic rings. The number of carbonyl (C=O) groups excluding carboxylic acids is 2. The summed E-state index contributed by atoms with van der Waals surface area (Å²) in [6, 6.07) is 2.07. The van der Waals surface area contributed by atoms with Crippen molar-refractivity contribution in [2.75, 3.05) is 19.0 Å². The van der Waals surface area contributed by atoms with E-state index in [1.165, 1.54) is 13.3 Å². The van der Waals surface area contributed by atoms with Gasteiger partial charge in [0, 0.05) is 25.2 Å². The fourth-order valence-electron chi connectivity index (χ4n) is 1.64. The molecule has 0 saturated heterocycles. The quantitative estimate of drug-likeness (QED) is 0.564. The number of esters is 1. The fourth-order valence-corrected chi connectivity index (χ4v) is 1.64. The van der Waals surface area contributed by atoms with E-state index in [1.807, 2.05) is 0 Å². The van der Waals surface area contributed by atoms with Gasteiger partial charge in [-0.2, -0.15) is 0 Å². The Balaban J connectivity index is 1.70. The Bertz CT molecular complexity index is 488. The summed E-state index contributed by atoms with van der Waals surface area (Å²) in [7, 11) is 1.28. The van der Waals surface area contributed by atoms with E-state index < -0.39 is 5.97 Å². The Hall–Kier alpha value is -2.18. The standard InChI is InChI=1S/C13H18N4O3/c1-20-13(19)12-15-8-6-10(17-12)14-7-2-3-11(18)16-9-4-5-9/h6,8-9H,2-5,7H2,1H3,(H,16,18)(H,14,15,17). The van der Waals surface area contributed by atoms with E-state index in [9.17, 15) is 9.59 Å². The smallest absolute Gasteiger partial charge is 0.376 e. The van der Waals surface area contributed by atoms with Crippen LogP contribution < -0.4 is 10.6 Å². The van der Waals surface area contributed by atoms with Gasteiger partial charge < -0.3 is 15.4 Å². The van der Waals surface area contributed by atoms with Gasteiger partial charge in [-0.05, 0) is 25.3 Å². The van der Waals surface area contributed by atoms with Gasteiger partial charge in [-0.1, -0.05) is 0 Å². The molecule has 1 aromatic rings. The van der Waals surface area contributed by atoms with Crippen molar-refractivity contribution in [3.05, 3.63) is 18.1 Å². The fraction of sp³-hybridized carbons (Fsp3) is 0.538. The number of rotatable bonds is 7. The Morgan fingerprint density at radius 2 is 2.25 bits per heavy atom. The highest BCUT2D eigenvalue weighted by Crippen LogP contribution is 2.18. The van der Waals surface area contributed by atoms with E-state index in [0.29, 0.717) is 31.2 Å². The van der Waals surface area contributed by atoms with Crippen LogP contribution in [0, 0.1) is 0 Å². The van der Waals surface area contributed by atoms with Crippen LogP contribution in [0.5, 0.6) is 0 Å². The summed E-state index contributed by atoms with van der Waals surface area (Å²) >= 11 is 0. The normalized spacial score (nSPS) is 13.7. The summed E-state index contributed by atoms with van der Waals surface area (Å²) in [5.41, 5.74) is 0. The number of aromatic nitrogens is 2. The summed E-state index contributed by atoms with van der Waals surface area (Å²) in [4.78, 5) is 30.6. The van der Waals surface area contributed by atoms with Crippen LogP contribution in [0.4, 0.5) is 5.82 Å². The lowest BCUT2D eigenvalue weighted by atomic mass is 10.3. The van der Waals surface area contributed by atoms with E-state index in [1.54, 1.807) is 6.07 Å². The third-order valence-corrected chi connectivity index (χ3v) is 2.85. The first kappa shape index (κ1) is 14.2. The highest BCUT2D eigenvalue weighted by atomic mass is 16.5. The van der Waals surface area contributed by atoms with Crippen molar-refractivity contribution in [3.63, 3.8) is 0 Å². The molecule has 2 N–H and O–H groups in total. The summed E-state index contributed by atoms with van der Waals surface area (Å²) in [5.74, 6) is 0.0803. The van der Waals surface area contributed by atoms with Gasteiger partial charge in [0.1, 0.15) is 5.82 Å². The molecule has 1 aliphatic carbocycles. The zero-order chi connectivity index (χ0) is 14.4. The largest absolute Gasteiger partial charge is 0.463 e. The number of anilines is 1. The summed E-state index contributed by atoms with van der Waals surface area (Å²) in [6.07, 6.45) is 4.87. The SMILES string of the molecule is COC(=O)c1nccc(NCCCC(=O)NC2CC2)n1. The molecule has 108 valence electrons. The van der Waals surface area contributed by atoms with Crippen LogP contribution in [0.3, 0.4) is 0 Å². The van der Waals surface area contributed by atoms with Gasteiger partial charge in [0.25, 0.3) is 0 Å². The predicted molar refractivity (Wildman–Crippen MR) is 72.3 cm³/mol. The highest BCUT2D eigenvalue weighted by molar-refractivity contribution is 5.85. The molecule has 1 aromatic heterocycles. The molecule has 2 rings (SSSR count). The molecular formula is C13H18N4O3. The van der Waals surface area contributed by atoms with E-state index in [0.717, 1.165) is 12.8 Å². The second kappa shape index (κ2) is 6.83. The van der Waals surface area contributed by atoms with Gasteiger partial charge in [0.05, 0.1) is 7.11 Å². The number of nitrogens with zero attached hydrogens (tertiary/aromatic N) is 2. The average Bonchev–Trinajstić information content (AvgIpc) is 3.27. The molecule has 1 fully saturated rings. The number of hydrogen-bond acceptors (Lipinski definition) is 6. The number of methoxy groups -OCH3 is 1. The molecular weight excluding hydrogens is 260 g/mol. The Labute approximate surface area is 117 Å². The van der Waals surface area contributed by atoms with E-state index in [2.05, 4.69) is 25.3 Å². The van der Waals surface area contributed by atoms with Gasteiger partial charge in [-0.25, -0.2) is 14.8 Å². The molecule has 0 aromatic carbocycles. The van der Waals surface area contributed by atoms with Crippen molar-refractivity contribution < 1.29 is 14.3 Å². The molecule has 0 atom stereocenters. The minimum absolute atomic E-state index is 0.0176. The molecule has 20 heavy (non-hydrogen) atoms. The molecule has 1 heterocycles. The highest BCUT2D eigenvalue weighted by Gasteiger charge is 2.22. The Kier molecular flexibility index (Phi) is 4.86. The number of amides is 1. The van der Waals surface area contributed by atoms with Crippen LogP contribution in [-0.2, 0) is 9.53 Å². The van der Waals surface area contributed by atoms with Crippen LogP contribution in [-0.4, -0.2) is 41.5 Å². The van der Waals surface area contributed by atoms with Crippen molar-refractivity contribution >= 4 is 17.7 Å². The van der Waals surface area contributed by atoms with E-state index in [4.69, 9.17) is 0 Å². The van der Waals surface area contributed by atoms with Gasteiger partial charge in [0.2, 0.25) is 11.7 Å². The Morgan fingerprint density at radius 3 is 2.95 bits per heavy atom. The van der Waals surface area contributed by atoms with Gasteiger partial charge in [0.15, 0.2) is 0 Å². The van der Waals surface area contributed by atoms with Crippen molar-refractivity contribution in [2.45, 2.75) is 31.7 Å². The summed E-state index contributed by atoms with van der Waals surface area (Å²) < 4.78 is 4.55. The molecule has 0 radical (unpaired) electrons. The molecule has 0 unspecified atom stereocenters. The molecule has 0 spiro atoms. The first-order valence-corrected chi connectivity index (χ1v) is 6.63. The lowest BCUT2D eigenvalue weighted by Gasteiger charge is -2.06. The monoisotopic (exact) mass is 278 g/mol. The number of ether oxygens (including phenoxy) is 1. The van der Waals surface area contributed by atoms with Gasteiger partial charge in [-0.15, -0.1) is 0 Å². The number of nitrogens with one attached hydrogen (secondary N) is 2. The first-order chi connectivity index (χ1) is 9.69. The number of carbonyl (C=O) groups is 2. The van der Waals surface area contributed by atoms with Crippen LogP contribution in [0.25, 0.3) is 0 Å². The third kappa shape index (κ3) is 4.49. The van der Waals surface area contributed by atoms with Crippen LogP contribution in [0.15, 0.2) is 12.3 Å². The maximum absolute atomic E-state index is 11.5. The summed E-state index contributed by atoms with van der Waals surface area (Å²) in [6.45, 7) is 0.607. The third-order valence-electron chi connectivity index (χ3n) is 2.85. The molecule has 0 aliphatic heterocycles. The average molecular weight is 278 g/mol. The molecule has 7 heteroatoms. The molecule has 0 bridgehead atoms. The van der Waals surface area contributed by atoms with Crippen LogP contribution in [0.2, 0.25) is 0 Å². The van der Waals surface area contributed by atoms with Gasteiger partial charge >= 0.3 is 5.97 Å². The van der Waals surface area contributed by atoms with Crippen molar-refractivity contribution in [1.29, 1.82) is 0 Å². The maximum Gasteiger partial charge on any atom is 0.376 e. The minimum Gasteiger partial charge on any atom is -0.463 e. The van der Waals surface area contributed by atoms with Crippen LogP contribution in [0.1, 0.15) is 36.3 Å². The van der Waals surface area contributed by atoms with Crippen molar-refractivity contribution in [2.24, 2.45) is 0 Å². The summed E-state index contributed by atoms with van der Waals surface area (Å²) in [5, 5.41) is 5.98. The minimum atomic E-state index is -0.572. The molecule has 1 saturated carbocycles. The second-order valence-electron chi connectivity index (χ2n) is 4.63. The van der Waals surface area contributed by atoms with E-state index >= 15 is 0 Å². The predicted octanol–water partition coefficient (Wildman–Crippen LogP) is 0.734. The van der Waals surface area contributed by atoms with E-state index in [-0.39, 0.29) is 11.7 Å². The topological polar surface area (TPSA) is 93.2 Å². The lowest BCUT2D eigenvalue weighted by Crippen LogP contribution is -2.25. The molecule has 7 nitrogen and oxygen atoms in total. The Morgan fingerprint density at radius 1 is 1.45 bits per heavy atom. The number of hydrogen-bond donors (Lipinski definition) is 2.